The van der Waals surface area contributed by atoms with Crippen LogP contribution in [-0.2, 0) is 11.2 Å². The van der Waals surface area contributed by atoms with E-state index in [1.165, 1.54) is 18.2 Å². The molecule has 4 nitrogen and oxygen atoms in total. The summed E-state index contributed by atoms with van der Waals surface area (Å²) in [5.74, 6) is -0.186. The number of alkyl halides is 3. The number of anilines is 1. The number of hydrogen-bond acceptors (Lipinski definition) is 3. The van der Waals surface area contributed by atoms with Crippen LogP contribution in [0.2, 0.25) is 0 Å². The van der Waals surface area contributed by atoms with Gasteiger partial charge in [0.1, 0.15) is 5.54 Å². The predicted octanol–water partition coefficient (Wildman–Crippen LogP) is 3.01. The molecule has 2 N–H and O–H groups in total. The molecule has 1 aromatic carbocycles. The standard InChI is InChI=1S/C16H18F3N3O/c1-15(10-20,12-5-6-12)22-14(23)9-21-13-4-2-3-11(7-13)8-16(17,18)19/h2-4,7,12,21H,5-6,8-9H2,1H3,(H,22,23)/t15-/m0/s1. The molecule has 23 heavy (non-hydrogen) atoms. The van der Waals surface area contributed by atoms with E-state index in [0.29, 0.717) is 5.69 Å². The number of carbonyl (C=O) groups excluding carboxylic acids is 1. The van der Waals surface area contributed by atoms with Crippen molar-refractivity contribution >= 4 is 11.6 Å². The fourth-order valence-corrected chi connectivity index (χ4v) is 2.42. The Labute approximate surface area is 132 Å². The topological polar surface area (TPSA) is 64.9 Å². The van der Waals surface area contributed by atoms with E-state index in [0.717, 1.165) is 12.8 Å². The van der Waals surface area contributed by atoms with Crippen LogP contribution in [0, 0.1) is 17.2 Å². The van der Waals surface area contributed by atoms with Gasteiger partial charge in [-0.15, -0.1) is 0 Å². The maximum absolute atomic E-state index is 12.4. The zero-order valence-electron chi connectivity index (χ0n) is 12.7. The smallest absolute Gasteiger partial charge is 0.376 e. The van der Waals surface area contributed by atoms with Gasteiger partial charge in [0.15, 0.2) is 0 Å². The fraction of sp³-hybridized carbons (Fsp3) is 0.500. The number of carbonyl (C=O) groups is 1. The lowest BCUT2D eigenvalue weighted by molar-refractivity contribution is -0.127. The second kappa shape index (κ2) is 6.49. The average Bonchev–Trinajstić information content (AvgIpc) is 3.28. The van der Waals surface area contributed by atoms with Gasteiger partial charge in [0.05, 0.1) is 19.0 Å². The summed E-state index contributed by atoms with van der Waals surface area (Å²) in [7, 11) is 0. The molecule has 1 aromatic rings. The van der Waals surface area contributed by atoms with Gasteiger partial charge in [0.2, 0.25) is 5.91 Å². The summed E-state index contributed by atoms with van der Waals surface area (Å²) in [6, 6.07) is 7.97. The van der Waals surface area contributed by atoms with Gasteiger partial charge >= 0.3 is 6.18 Å². The third-order valence-corrected chi connectivity index (χ3v) is 3.81. The van der Waals surface area contributed by atoms with Crippen molar-refractivity contribution in [3.05, 3.63) is 29.8 Å². The highest BCUT2D eigenvalue weighted by Crippen LogP contribution is 2.39. The van der Waals surface area contributed by atoms with Crippen molar-refractivity contribution in [2.45, 2.75) is 37.9 Å². The number of nitriles is 1. The number of nitrogens with zero attached hydrogens (tertiary/aromatic N) is 1. The average molecular weight is 325 g/mol. The maximum Gasteiger partial charge on any atom is 0.393 e. The Kier molecular flexibility index (Phi) is 4.83. The molecule has 1 amide bonds. The minimum absolute atomic E-state index is 0.0978. The lowest BCUT2D eigenvalue weighted by Gasteiger charge is -2.23. The fourth-order valence-electron chi connectivity index (χ4n) is 2.42. The van der Waals surface area contributed by atoms with Crippen LogP contribution >= 0.6 is 0 Å². The molecule has 2 rings (SSSR count). The zero-order valence-corrected chi connectivity index (χ0v) is 12.7. The van der Waals surface area contributed by atoms with Crippen molar-refractivity contribution < 1.29 is 18.0 Å². The molecule has 1 saturated carbocycles. The molecular formula is C16H18F3N3O. The molecule has 0 radical (unpaired) electrons. The van der Waals surface area contributed by atoms with Crippen LogP contribution in [0.4, 0.5) is 18.9 Å². The Morgan fingerprint density at radius 3 is 2.65 bits per heavy atom. The van der Waals surface area contributed by atoms with Gasteiger partial charge < -0.3 is 10.6 Å². The quantitative estimate of drug-likeness (QED) is 0.845. The van der Waals surface area contributed by atoms with Gasteiger partial charge in [-0.3, -0.25) is 4.79 Å². The molecule has 124 valence electrons. The molecule has 0 unspecified atom stereocenters. The number of rotatable bonds is 6. The largest absolute Gasteiger partial charge is 0.393 e. The van der Waals surface area contributed by atoms with Crippen LogP contribution in [0.5, 0.6) is 0 Å². The Bertz CT molecular complexity index is 620. The summed E-state index contributed by atoms with van der Waals surface area (Å²) < 4.78 is 37.1. The molecule has 0 heterocycles. The van der Waals surface area contributed by atoms with Crippen molar-refractivity contribution in [1.82, 2.24) is 5.32 Å². The highest BCUT2D eigenvalue weighted by atomic mass is 19.4. The summed E-state index contributed by atoms with van der Waals surface area (Å²) in [6.45, 7) is 1.59. The number of nitrogens with one attached hydrogen (secondary N) is 2. The number of amides is 1. The van der Waals surface area contributed by atoms with Gasteiger partial charge in [-0.1, -0.05) is 12.1 Å². The Morgan fingerprint density at radius 1 is 1.39 bits per heavy atom. The molecule has 0 aliphatic heterocycles. The lowest BCUT2D eigenvalue weighted by atomic mass is 9.98. The van der Waals surface area contributed by atoms with Crippen LogP contribution in [0.25, 0.3) is 0 Å². The molecule has 1 atom stereocenters. The van der Waals surface area contributed by atoms with E-state index in [-0.39, 0.29) is 23.9 Å². The minimum atomic E-state index is -4.27. The number of hydrogen-bond donors (Lipinski definition) is 2. The summed E-state index contributed by atoms with van der Waals surface area (Å²) in [6.07, 6.45) is -3.45. The van der Waals surface area contributed by atoms with Gasteiger partial charge in [-0.25, -0.2) is 0 Å². The Morgan fingerprint density at radius 2 is 2.09 bits per heavy atom. The van der Waals surface area contributed by atoms with E-state index < -0.39 is 18.1 Å². The van der Waals surface area contributed by atoms with E-state index in [9.17, 15) is 23.2 Å². The van der Waals surface area contributed by atoms with Crippen molar-refractivity contribution in [1.29, 1.82) is 5.26 Å². The monoisotopic (exact) mass is 325 g/mol. The first-order valence-electron chi connectivity index (χ1n) is 7.34. The van der Waals surface area contributed by atoms with Crippen LogP contribution in [0.1, 0.15) is 25.3 Å². The van der Waals surface area contributed by atoms with Crippen molar-refractivity contribution in [3.63, 3.8) is 0 Å². The first kappa shape index (κ1) is 17.1. The van der Waals surface area contributed by atoms with E-state index in [1.54, 1.807) is 13.0 Å². The zero-order chi connectivity index (χ0) is 17.1. The van der Waals surface area contributed by atoms with Crippen LogP contribution in [-0.4, -0.2) is 24.2 Å². The van der Waals surface area contributed by atoms with Gasteiger partial charge in [0.25, 0.3) is 0 Å². The second-order valence-electron chi connectivity index (χ2n) is 5.98. The molecule has 7 heteroatoms. The number of benzene rings is 1. The van der Waals surface area contributed by atoms with Crippen LogP contribution < -0.4 is 10.6 Å². The number of halogens is 3. The summed E-state index contributed by atoms with van der Waals surface area (Å²) >= 11 is 0. The molecular weight excluding hydrogens is 307 g/mol. The molecule has 0 bridgehead atoms. The molecule has 1 fully saturated rings. The van der Waals surface area contributed by atoms with E-state index in [1.807, 2.05) is 0 Å². The molecule has 0 saturated heterocycles. The third kappa shape index (κ3) is 5.16. The van der Waals surface area contributed by atoms with Crippen molar-refractivity contribution in [3.8, 4) is 6.07 Å². The molecule has 0 spiro atoms. The van der Waals surface area contributed by atoms with E-state index in [4.69, 9.17) is 0 Å². The first-order valence-corrected chi connectivity index (χ1v) is 7.34. The summed E-state index contributed by atoms with van der Waals surface area (Å²) in [5.41, 5.74) is -0.314. The van der Waals surface area contributed by atoms with E-state index in [2.05, 4.69) is 16.7 Å². The highest BCUT2D eigenvalue weighted by molar-refractivity contribution is 5.82. The SMILES string of the molecule is C[C@@](C#N)(NC(=O)CNc1cccc(CC(F)(F)F)c1)C1CC1. The Balaban J connectivity index is 1.89. The van der Waals surface area contributed by atoms with Gasteiger partial charge in [0, 0.05) is 5.69 Å². The first-order chi connectivity index (χ1) is 10.7. The molecule has 1 aliphatic rings. The highest BCUT2D eigenvalue weighted by Gasteiger charge is 2.42. The third-order valence-electron chi connectivity index (χ3n) is 3.81. The van der Waals surface area contributed by atoms with E-state index >= 15 is 0 Å². The molecule has 1 aliphatic carbocycles. The van der Waals surface area contributed by atoms with Crippen LogP contribution in [0.3, 0.4) is 0 Å². The second-order valence-corrected chi connectivity index (χ2v) is 5.98. The summed E-state index contributed by atoms with van der Waals surface area (Å²) in [4.78, 5) is 11.9. The predicted molar refractivity (Wildman–Crippen MR) is 79.6 cm³/mol. The van der Waals surface area contributed by atoms with Gasteiger partial charge in [-0.2, -0.15) is 18.4 Å². The normalized spacial score (nSPS) is 17.0. The van der Waals surface area contributed by atoms with Crippen molar-refractivity contribution in [2.75, 3.05) is 11.9 Å². The summed E-state index contributed by atoms with van der Waals surface area (Å²) in [5, 5.41) is 14.7. The lowest BCUT2D eigenvalue weighted by Crippen LogP contribution is -2.48. The molecule has 0 aromatic heterocycles. The maximum atomic E-state index is 12.4. The van der Waals surface area contributed by atoms with Gasteiger partial charge in [-0.05, 0) is 43.4 Å². The van der Waals surface area contributed by atoms with Crippen molar-refractivity contribution in [2.24, 2.45) is 5.92 Å². The minimum Gasteiger partial charge on any atom is -0.376 e. The Hall–Kier alpha value is -2.23. The van der Waals surface area contributed by atoms with Crippen LogP contribution in [0.15, 0.2) is 24.3 Å².